The third-order valence-electron chi connectivity index (χ3n) is 4.18. The first kappa shape index (κ1) is 14.8. The molecule has 2 atom stereocenters. The van der Waals surface area contributed by atoms with Crippen molar-refractivity contribution in [1.82, 2.24) is 4.90 Å². The molecule has 0 amide bonds. The van der Waals surface area contributed by atoms with Gasteiger partial charge in [-0.1, -0.05) is 0 Å². The highest BCUT2D eigenvalue weighted by Crippen LogP contribution is 2.34. The minimum atomic E-state index is -0.789. The first-order valence-corrected chi connectivity index (χ1v) is 7.20. The lowest BCUT2D eigenvalue weighted by Gasteiger charge is -2.41. The van der Waals surface area contributed by atoms with Gasteiger partial charge >= 0.3 is 5.97 Å². The molecule has 2 unspecified atom stereocenters. The minimum absolute atomic E-state index is 0.109. The van der Waals surface area contributed by atoms with Gasteiger partial charge in [0, 0.05) is 19.1 Å². The van der Waals surface area contributed by atoms with Crippen molar-refractivity contribution in [2.75, 3.05) is 26.3 Å². The molecule has 0 radical (unpaired) electrons. The van der Waals surface area contributed by atoms with Crippen LogP contribution in [0.15, 0.2) is 0 Å². The summed E-state index contributed by atoms with van der Waals surface area (Å²) in [5.41, 5.74) is 5.32. The van der Waals surface area contributed by atoms with Crippen LogP contribution in [0.3, 0.4) is 0 Å². The summed E-state index contributed by atoms with van der Waals surface area (Å²) in [6.07, 6.45) is 2.38. The molecule has 110 valence electrons. The Kier molecular flexibility index (Phi) is 4.18. The van der Waals surface area contributed by atoms with Crippen molar-refractivity contribution in [3.8, 4) is 0 Å². The topological polar surface area (TPSA) is 64.8 Å². The normalized spacial score (nSPS) is 35.3. The van der Waals surface area contributed by atoms with E-state index in [1.165, 1.54) is 0 Å². The number of nitrogens with zero attached hydrogens (tertiary/aromatic N) is 1. The molecule has 1 saturated carbocycles. The van der Waals surface area contributed by atoms with Crippen LogP contribution in [-0.2, 0) is 14.3 Å². The molecular weight excluding hydrogens is 244 g/mol. The van der Waals surface area contributed by atoms with Crippen molar-refractivity contribution in [3.05, 3.63) is 0 Å². The van der Waals surface area contributed by atoms with Crippen molar-refractivity contribution >= 4 is 5.97 Å². The molecule has 19 heavy (non-hydrogen) atoms. The van der Waals surface area contributed by atoms with E-state index in [0.717, 1.165) is 26.1 Å². The van der Waals surface area contributed by atoms with E-state index in [1.807, 2.05) is 6.92 Å². The summed E-state index contributed by atoms with van der Waals surface area (Å²) >= 11 is 0. The van der Waals surface area contributed by atoms with Gasteiger partial charge < -0.3 is 15.2 Å². The lowest BCUT2D eigenvalue weighted by atomic mass is 9.98. The van der Waals surface area contributed by atoms with Crippen LogP contribution in [0.5, 0.6) is 0 Å². The van der Waals surface area contributed by atoms with E-state index >= 15 is 0 Å². The predicted molar refractivity (Wildman–Crippen MR) is 72.8 cm³/mol. The second-order valence-electron chi connectivity index (χ2n) is 6.35. The average Bonchev–Trinajstić information content (AvgIpc) is 2.72. The summed E-state index contributed by atoms with van der Waals surface area (Å²) in [7, 11) is 0. The minimum Gasteiger partial charge on any atom is -0.465 e. The van der Waals surface area contributed by atoms with Gasteiger partial charge in [-0.05, 0) is 40.0 Å². The molecule has 2 aliphatic rings. The van der Waals surface area contributed by atoms with Crippen LogP contribution in [0.1, 0.15) is 40.0 Å². The second kappa shape index (κ2) is 5.38. The van der Waals surface area contributed by atoms with Crippen LogP contribution in [0, 0.1) is 0 Å². The van der Waals surface area contributed by atoms with Gasteiger partial charge in [-0.25, -0.2) is 0 Å². The molecule has 0 aromatic rings. The Morgan fingerprint density at radius 1 is 1.53 bits per heavy atom. The molecule has 2 fully saturated rings. The summed E-state index contributed by atoms with van der Waals surface area (Å²) in [5.74, 6) is -0.245. The van der Waals surface area contributed by atoms with Crippen LogP contribution in [0.4, 0.5) is 0 Å². The molecule has 1 aliphatic heterocycles. The lowest BCUT2D eigenvalue weighted by Crippen LogP contribution is -2.53. The van der Waals surface area contributed by atoms with Crippen molar-refractivity contribution in [2.24, 2.45) is 5.73 Å². The fourth-order valence-corrected chi connectivity index (χ4v) is 3.19. The van der Waals surface area contributed by atoms with Gasteiger partial charge in [-0.3, -0.25) is 9.69 Å². The standard InChI is InChI=1S/C14H26N2O3/c1-4-18-12(17)14(15)6-5-11(9-14)16-7-8-19-13(2,3)10-16/h11H,4-10,15H2,1-3H3. The van der Waals surface area contributed by atoms with E-state index in [2.05, 4.69) is 18.7 Å². The van der Waals surface area contributed by atoms with E-state index in [1.54, 1.807) is 0 Å². The van der Waals surface area contributed by atoms with Crippen molar-refractivity contribution in [2.45, 2.75) is 57.2 Å². The molecule has 5 heteroatoms. The monoisotopic (exact) mass is 270 g/mol. The van der Waals surface area contributed by atoms with E-state index in [9.17, 15) is 4.79 Å². The molecule has 2 N–H and O–H groups in total. The van der Waals surface area contributed by atoms with Gasteiger partial charge in [-0.2, -0.15) is 0 Å². The molecular formula is C14H26N2O3. The van der Waals surface area contributed by atoms with Gasteiger partial charge in [0.1, 0.15) is 5.54 Å². The highest BCUT2D eigenvalue weighted by molar-refractivity contribution is 5.81. The van der Waals surface area contributed by atoms with Crippen molar-refractivity contribution < 1.29 is 14.3 Å². The van der Waals surface area contributed by atoms with Crippen LogP contribution in [0.25, 0.3) is 0 Å². The fraction of sp³-hybridized carbons (Fsp3) is 0.929. The van der Waals surface area contributed by atoms with E-state index in [-0.39, 0.29) is 11.6 Å². The Hall–Kier alpha value is -0.650. The van der Waals surface area contributed by atoms with Crippen LogP contribution in [0.2, 0.25) is 0 Å². The van der Waals surface area contributed by atoms with E-state index in [0.29, 0.717) is 25.5 Å². The maximum absolute atomic E-state index is 11.9. The smallest absolute Gasteiger partial charge is 0.326 e. The third-order valence-corrected chi connectivity index (χ3v) is 4.18. The van der Waals surface area contributed by atoms with Crippen LogP contribution in [-0.4, -0.2) is 54.4 Å². The number of esters is 1. The van der Waals surface area contributed by atoms with E-state index in [4.69, 9.17) is 15.2 Å². The zero-order valence-corrected chi connectivity index (χ0v) is 12.3. The lowest BCUT2D eigenvalue weighted by molar-refractivity contribution is -0.149. The van der Waals surface area contributed by atoms with Gasteiger partial charge in [0.05, 0.1) is 18.8 Å². The molecule has 1 heterocycles. The summed E-state index contributed by atoms with van der Waals surface area (Å²) in [4.78, 5) is 14.3. The highest BCUT2D eigenvalue weighted by Gasteiger charge is 2.46. The summed E-state index contributed by atoms with van der Waals surface area (Å²) < 4.78 is 10.8. The Morgan fingerprint density at radius 2 is 2.26 bits per heavy atom. The van der Waals surface area contributed by atoms with Gasteiger partial charge in [0.2, 0.25) is 0 Å². The zero-order chi connectivity index (χ0) is 14.1. The number of carbonyl (C=O) groups excluding carboxylic acids is 1. The number of rotatable bonds is 3. The third kappa shape index (κ3) is 3.27. The van der Waals surface area contributed by atoms with Crippen molar-refractivity contribution in [3.63, 3.8) is 0 Å². The first-order valence-electron chi connectivity index (χ1n) is 7.20. The van der Waals surface area contributed by atoms with Crippen LogP contribution < -0.4 is 5.73 Å². The van der Waals surface area contributed by atoms with Crippen molar-refractivity contribution in [1.29, 1.82) is 0 Å². The number of hydrogen-bond acceptors (Lipinski definition) is 5. The summed E-state index contributed by atoms with van der Waals surface area (Å²) in [6.45, 7) is 9.00. The number of nitrogens with two attached hydrogens (primary N) is 1. The molecule has 0 spiro atoms. The molecule has 1 saturated heterocycles. The molecule has 0 aromatic heterocycles. The number of carbonyl (C=O) groups is 1. The Labute approximate surface area is 115 Å². The zero-order valence-electron chi connectivity index (χ0n) is 12.3. The van der Waals surface area contributed by atoms with Gasteiger partial charge in [0.15, 0.2) is 0 Å². The molecule has 0 aromatic carbocycles. The maximum Gasteiger partial charge on any atom is 0.326 e. The molecule has 0 bridgehead atoms. The fourth-order valence-electron chi connectivity index (χ4n) is 3.19. The van der Waals surface area contributed by atoms with E-state index < -0.39 is 5.54 Å². The van der Waals surface area contributed by atoms with Crippen LogP contribution >= 0.6 is 0 Å². The summed E-state index contributed by atoms with van der Waals surface area (Å²) in [6, 6.07) is 0.373. The Bertz CT molecular complexity index is 346. The number of ether oxygens (including phenoxy) is 2. The number of hydrogen-bond donors (Lipinski definition) is 1. The summed E-state index contributed by atoms with van der Waals surface area (Å²) in [5, 5.41) is 0. The Balaban J connectivity index is 1.96. The largest absolute Gasteiger partial charge is 0.465 e. The average molecular weight is 270 g/mol. The first-order chi connectivity index (χ1) is 8.86. The Morgan fingerprint density at radius 3 is 2.89 bits per heavy atom. The van der Waals surface area contributed by atoms with Gasteiger partial charge in [-0.15, -0.1) is 0 Å². The second-order valence-corrected chi connectivity index (χ2v) is 6.35. The molecule has 2 rings (SSSR count). The SMILES string of the molecule is CCOC(=O)C1(N)CCC(N2CCOC(C)(C)C2)C1. The predicted octanol–water partition coefficient (Wildman–Crippen LogP) is 0.910. The quantitative estimate of drug-likeness (QED) is 0.772. The number of morpholine rings is 1. The highest BCUT2D eigenvalue weighted by atomic mass is 16.5. The molecule has 1 aliphatic carbocycles. The van der Waals surface area contributed by atoms with Gasteiger partial charge in [0.25, 0.3) is 0 Å². The maximum atomic E-state index is 11.9. The molecule has 5 nitrogen and oxygen atoms in total.